The molecule has 1 aromatic rings. The van der Waals surface area contributed by atoms with Gasteiger partial charge in [0, 0.05) is 24.7 Å². The van der Waals surface area contributed by atoms with Gasteiger partial charge in [-0.15, -0.1) is 0 Å². The first-order valence-corrected chi connectivity index (χ1v) is 7.28. The van der Waals surface area contributed by atoms with E-state index in [0.29, 0.717) is 13.2 Å². The number of rotatable bonds is 8. The summed E-state index contributed by atoms with van der Waals surface area (Å²) in [5.74, 6) is 1.90. The zero-order chi connectivity index (χ0) is 12.5. The molecule has 1 aromatic carbocycles. The lowest BCUT2D eigenvalue weighted by Gasteiger charge is -2.16. The van der Waals surface area contributed by atoms with Crippen LogP contribution in [0.25, 0.3) is 0 Å². The molecule has 2 nitrogen and oxygen atoms in total. The fraction of sp³-hybridized carbons (Fsp3) is 0.571. The van der Waals surface area contributed by atoms with Crippen LogP contribution in [0.4, 0.5) is 0 Å². The van der Waals surface area contributed by atoms with Gasteiger partial charge in [-0.25, -0.2) is 0 Å². The van der Waals surface area contributed by atoms with Crippen LogP contribution in [-0.4, -0.2) is 25.3 Å². The predicted octanol–water partition coefficient (Wildman–Crippen LogP) is 3.63. The molecule has 0 heterocycles. The zero-order valence-corrected chi connectivity index (χ0v) is 11.8. The van der Waals surface area contributed by atoms with Crippen LogP contribution in [0, 0.1) is 6.92 Å². The third kappa shape index (κ3) is 5.57. The average molecular weight is 254 g/mol. The highest BCUT2D eigenvalue weighted by Gasteiger charge is 2.08. The Morgan fingerprint density at radius 2 is 1.76 bits per heavy atom. The molecule has 0 unspecified atom stereocenters. The van der Waals surface area contributed by atoms with Crippen molar-refractivity contribution in [2.75, 3.05) is 19.0 Å². The van der Waals surface area contributed by atoms with Gasteiger partial charge < -0.3 is 9.47 Å². The van der Waals surface area contributed by atoms with Crippen molar-refractivity contribution in [1.29, 1.82) is 0 Å². The first-order chi connectivity index (χ1) is 8.27. The number of hydrogen-bond acceptors (Lipinski definition) is 3. The molecule has 0 saturated carbocycles. The Hall–Kier alpha value is -0.510. The van der Waals surface area contributed by atoms with E-state index in [1.807, 2.05) is 25.6 Å². The molecule has 0 aliphatic heterocycles. The van der Waals surface area contributed by atoms with E-state index in [4.69, 9.17) is 9.47 Å². The van der Waals surface area contributed by atoms with E-state index in [9.17, 15) is 0 Å². The van der Waals surface area contributed by atoms with Gasteiger partial charge in [-0.3, -0.25) is 0 Å². The van der Waals surface area contributed by atoms with Crippen LogP contribution in [0.3, 0.4) is 0 Å². The Labute approximate surface area is 109 Å². The molecule has 0 aromatic heterocycles. The molecule has 3 heteroatoms. The second-order valence-corrected chi connectivity index (χ2v) is 4.81. The van der Waals surface area contributed by atoms with Gasteiger partial charge in [0.1, 0.15) is 0 Å². The Bertz CT molecular complexity index is 309. The fourth-order valence-electron chi connectivity index (χ4n) is 1.55. The van der Waals surface area contributed by atoms with Crippen molar-refractivity contribution < 1.29 is 9.47 Å². The third-order valence-corrected chi connectivity index (χ3v) is 3.50. The minimum absolute atomic E-state index is 0.0704. The molecule has 0 radical (unpaired) electrons. The number of ether oxygens (including phenoxy) is 2. The van der Waals surface area contributed by atoms with E-state index < -0.39 is 0 Å². The maximum Gasteiger partial charge on any atom is 0.166 e. The molecule has 0 spiro atoms. The summed E-state index contributed by atoms with van der Waals surface area (Å²) in [4.78, 5) is 0. The van der Waals surface area contributed by atoms with E-state index in [1.165, 1.54) is 11.1 Å². The number of aryl methyl sites for hydroxylation is 1. The zero-order valence-electron chi connectivity index (χ0n) is 10.9. The van der Waals surface area contributed by atoms with Crippen LogP contribution >= 0.6 is 11.8 Å². The van der Waals surface area contributed by atoms with Gasteiger partial charge in [0.05, 0.1) is 0 Å². The maximum absolute atomic E-state index is 5.51. The summed E-state index contributed by atoms with van der Waals surface area (Å²) in [7, 11) is 0. The van der Waals surface area contributed by atoms with Crippen LogP contribution in [0.5, 0.6) is 0 Å². The van der Waals surface area contributed by atoms with Crippen LogP contribution in [0.1, 0.15) is 25.0 Å². The molecule has 1 rings (SSSR count). The number of thioether (sulfide) groups is 1. The largest absolute Gasteiger partial charge is 0.352 e. The molecule has 0 atom stereocenters. The van der Waals surface area contributed by atoms with E-state index in [1.54, 1.807) is 0 Å². The summed E-state index contributed by atoms with van der Waals surface area (Å²) in [5, 5.41) is 0. The lowest BCUT2D eigenvalue weighted by Crippen LogP contribution is -2.20. The summed E-state index contributed by atoms with van der Waals surface area (Å²) >= 11 is 1.86. The van der Waals surface area contributed by atoms with Gasteiger partial charge in [-0.1, -0.05) is 24.3 Å². The van der Waals surface area contributed by atoms with E-state index >= 15 is 0 Å². The normalized spacial score (nSPS) is 11.1. The van der Waals surface area contributed by atoms with Gasteiger partial charge in [0.25, 0.3) is 0 Å². The molecular formula is C14H22O2S. The van der Waals surface area contributed by atoms with Crippen LogP contribution in [0.2, 0.25) is 0 Å². The highest BCUT2D eigenvalue weighted by molar-refractivity contribution is 7.98. The lowest BCUT2D eigenvalue weighted by molar-refractivity contribution is -0.120. The van der Waals surface area contributed by atoms with Crippen molar-refractivity contribution in [2.45, 2.75) is 32.8 Å². The molecule has 17 heavy (non-hydrogen) atoms. The summed E-state index contributed by atoms with van der Waals surface area (Å²) in [6.07, 6.45) is -0.0704. The topological polar surface area (TPSA) is 18.5 Å². The Morgan fingerprint density at radius 3 is 2.35 bits per heavy atom. The van der Waals surface area contributed by atoms with Crippen LogP contribution < -0.4 is 0 Å². The third-order valence-electron chi connectivity index (χ3n) is 2.48. The van der Waals surface area contributed by atoms with Crippen LogP contribution in [0.15, 0.2) is 24.3 Å². The SMILES string of the molecule is CCOC(CSCc1ccccc1C)OCC. The van der Waals surface area contributed by atoms with E-state index in [-0.39, 0.29) is 6.29 Å². The second kappa shape index (κ2) is 8.56. The van der Waals surface area contributed by atoms with Gasteiger partial charge >= 0.3 is 0 Å². The average Bonchev–Trinajstić information content (AvgIpc) is 2.32. The molecule has 0 N–H and O–H groups in total. The number of hydrogen-bond donors (Lipinski definition) is 0. The van der Waals surface area contributed by atoms with Crippen LogP contribution in [-0.2, 0) is 15.2 Å². The Kier molecular flexibility index (Phi) is 7.33. The maximum atomic E-state index is 5.51. The Balaban J connectivity index is 2.33. The first-order valence-electron chi connectivity index (χ1n) is 6.13. The van der Waals surface area contributed by atoms with Gasteiger partial charge in [-0.2, -0.15) is 11.8 Å². The molecule has 0 saturated heterocycles. The quantitative estimate of drug-likeness (QED) is 0.660. The van der Waals surface area contributed by atoms with Crippen molar-refractivity contribution >= 4 is 11.8 Å². The fourth-order valence-corrected chi connectivity index (χ4v) is 2.60. The van der Waals surface area contributed by atoms with Crippen molar-refractivity contribution in [3.05, 3.63) is 35.4 Å². The van der Waals surface area contributed by atoms with Gasteiger partial charge in [0.2, 0.25) is 0 Å². The number of benzene rings is 1. The predicted molar refractivity (Wildman–Crippen MR) is 74.4 cm³/mol. The minimum atomic E-state index is -0.0704. The molecule has 0 aliphatic carbocycles. The second-order valence-electron chi connectivity index (χ2n) is 3.78. The highest BCUT2D eigenvalue weighted by atomic mass is 32.2. The van der Waals surface area contributed by atoms with Crippen molar-refractivity contribution in [2.24, 2.45) is 0 Å². The standard InChI is InChI=1S/C14H22O2S/c1-4-15-14(16-5-2)11-17-10-13-9-7-6-8-12(13)3/h6-9,14H,4-5,10-11H2,1-3H3. The van der Waals surface area contributed by atoms with Gasteiger partial charge in [-0.05, 0) is 31.9 Å². The Morgan fingerprint density at radius 1 is 1.12 bits per heavy atom. The van der Waals surface area contributed by atoms with E-state index in [0.717, 1.165) is 11.5 Å². The first kappa shape index (κ1) is 14.6. The molecule has 0 fully saturated rings. The minimum Gasteiger partial charge on any atom is -0.352 e. The summed E-state index contributed by atoms with van der Waals surface area (Å²) in [6, 6.07) is 8.50. The van der Waals surface area contributed by atoms with Gasteiger partial charge in [0.15, 0.2) is 6.29 Å². The molecular weight excluding hydrogens is 232 g/mol. The molecule has 0 bridgehead atoms. The smallest absolute Gasteiger partial charge is 0.166 e. The summed E-state index contributed by atoms with van der Waals surface area (Å²) in [5.41, 5.74) is 2.74. The lowest BCUT2D eigenvalue weighted by atomic mass is 10.1. The van der Waals surface area contributed by atoms with Crippen molar-refractivity contribution in [1.82, 2.24) is 0 Å². The van der Waals surface area contributed by atoms with Crippen molar-refractivity contribution in [3.8, 4) is 0 Å². The van der Waals surface area contributed by atoms with E-state index in [2.05, 4.69) is 31.2 Å². The molecule has 96 valence electrons. The molecule has 0 aliphatic rings. The monoisotopic (exact) mass is 254 g/mol. The summed E-state index contributed by atoms with van der Waals surface area (Å²) < 4.78 is 11.0. The summed E-state index contributed by atoms with van der Waals surface area (Å²) in [6.45, 7) is 7.56. The van der Waals surface area contributed by atoms with Crippen molar-refractivity contribution in [3.63, 3.8) is 0 Å². The highest BCUT2D eigenvalue weighted by Crippen LogP contribution is 2.17. The molecule has 0 amide bonds.